The molecule has 174 valence electrons. The summed E-state index contributed by atoms with van der Waals surface area (Å²) < 4.78 is 39.4. The lowest BCUT2D eigenvalue weighted by atomic mass is 10.0. The van der Waals surface area contributed by atoms with Crippen LogP contribution in [0.3, 0.4) is 0 Å². The van der Waals surface area contributed by atoms with E-state index in [-0.39, 0.29) is 35.6 Å². The van der Waals surface area contributed by atoms with Gasteiger partial charge in [-0.3, -0.25) is 4.79 Å². The Hall–Kier alpha value is -2.62. The zero-order valence-electron chi connectivity index (χ0n) is 18.8. The number of sulfonamides is 1. The van der Waals surface area contributed by atoms with Gasteiger partial charge in [-0.2, -0.15) is 4.31 Å². The second-order valence-electron chi connectivity index (χ2n) is 7.76. The summed E-state index contributed by atoms with van der Waals surface area (Å²) in [4.78, 5) is 14.7. The van der Waals surface area contributed by atoms with Crippen LogP contribution >= 0.6 is 0 Å². The van der Waals surface area contributed by atoms with Crippen LogP contribution in [0.1, 0.15) is 18.4 Å². The van der Waals surface area contributed by atoms with Gasteiger partial charge in [0.15, 0.2) is 0 Å². The first-order chi connectivity index (χ1) is 15.4. The molecular weight excluding hydrogens is 430 g/mol. The van der Waals surface area contributed by atoms with Gasteiger partial charge in [0.2, 0.25) is 15.9 Å². The van der Waals surface area contributed by atoms with E-state index in [4.69, 9.17) is 9.47 Å². The zero-order chi connectivity index (χ0) is 23.1. The maximum Gasteiger partial charge on any atom is 0.247 e. The minimum absolute atomic E-state index is 0.0206. The highest BCUT2D eigenvalue weighted by Gasteiger charge is 2.33. The maximum absolute atomic E-state index is 13.8. The molecular formula is C23H31N3O5S. The van der Waals surface area contributed by atoms with Crippen LogP contribution in [0.2, 0.25) is 0 Å². The van der Waals surface area contributed by atoms with Gasteiger partial charge in [-0.15, -0.1) is 0 Å². The van der Waals surface area contributed by atoms with E-state index in [1.165, 1.54) is 24.6 Å². The third kappa shape index (κ3) is 5.59. The van der Waals surface area contributed by atoms with Gasteiger partial charge >= 0.3 is 0 Å². The third-order valence-corrected chi connectivity index (χ3v) is 7.45. The van der Waals surface area contributed by atoms with Crippen molar-refractivity contribution in [2.24, 2.45) is 0 Å². The predicted octanol–water partition coefficient (Wildman–Crippen LogP) is 1.93. The van der Waals surface area contributed by atoms with Gasteiger partial charge in [-0.05, 0) is 23.6 Å². The van der Waals surface area contributed by atoms with E-state index in [1.807, 2.05) is 37.3 Å². The Labute approximate surface area is 190 Å². The van der Waals surface area contributed by atoms with Crippen molar-refractivity contribution in [1.82, 2.24) is 14.5 Å². The lowest BCUT2D eigenvalue weighted by Crippen LogP contribution is -2.50. The third-order valence-electron chi connectivity index (χ3n) is 5.62. The first-order valence-electron chi connectivity index (χ1n) is 10.6. The SMILES string of the molecule is COc1ccc(OC)c(S(=O)(=O)N(CC(=O)N2CCNCC2)C[C@@H](C)c2ccccc2)c1. The molecule has 1 N–H and O–H groups in total. The highest BCUT2D eigenvalue weighted by molar-refractivity contribution is 7.89. The van der Waals surface area contributed by atoms with Crippen molar-refractivity contribution in [3.8, 4) is 11.5 Å². The molecule has 2 aromatic carbocycles. The number of carbonyl (C=O) groups is 1. The molecule has 32 heavy (non-hydrogen) atoms. The van der Waals surface area contributed by atoms with Crippen LogP contribution in [0.5, 0.6) is 11.5 Å². The zero-order valence-corrected chi connectivity index (χ0v) is 19.6. The Balaban J connectivity index is 1.95. The number of ether oxygens (including phenoxy) is 2. The lowest BCUT2D eigenvalue weighted by molar-refractivity contribution is -0.132. The summed E-state index contributed by atoms with van der Waals surface area (Å²) in [5, 5.41) is 3.20. The number of benzene rings is 2. The van der Waals surface area contributed by atoms with Crippen molar-refractivity contribution in [3.05, 3.63) is 54.1 Å². The largest absolute Gasteiger partial charge is 0.497 e. The maximum atomic E-state index is 13.8. The molecule has 1 fully saturated rings. The van der Waals surface area contributed by atoms with E-state index < -0.39 is 10.0 Å². The highest BCUT2D eigenvalue weighted by Crippen LogP contribution is 2.32. The topological polar surface area (TPSA) is 88.2 Å². The molecule has 0 spiro atoms. The molecule has 0 unspecified atom stereocenters. The molecule has 0 radical (unpaired) electrons. The van der Waals surface area contributed by atoms with Gasteiger partial charge in [0.1, 0.15) is 16.4 Å². The van der Waals surface area contributed by atoms with Gasteiger partial charge in [0.05, 0.1) is 20.8 Å². The van der Waals surface area contributed by atoms with E-state index in [2.05, 4.69) is 5.32 Å². The summed E-state index contributed by atoms with van der Waals surface area (Å²) in [6.45, 7) is 4.39. The van der Waals surface area contributed by atoms with E-state index in [9.17, 15) is 13.2 Å². The average Bonchev–Trinajstić information content (AvgIpc) is 2.84. The van der Waals surface area contributed by atoms with E-state index in [0.717, 1.165) is 5.56 Å². The minimum Gasteiger partial charge on any atom is -0.497 e. The number of hydrogen-bond donors (Lipinski definition) is 1. The summed E-state index contributed by atoms with van der Waals surface area (Å²) in [5.74, 6) is 0.280. The van der Waals surface area contributed by atoms with E-state index in [0.29, 0.717) is 31.9 Å². The normalized spacial score (nSPS) is 15.4. The Morgan fingerprint density at radius 1 is 1.09 bits per heavy atom. The number of methoxy groups -OCH3 is 2. The van der Waals surface area contributed by atoms with E-state index in [1.54, 1.807) is 17.0 Å². The molecule has 1 heterocycles. The summed E-state index contributed by atoms with van der Waals surface area (Å²) in [6.07, 6.45) is 0. The number of nitrogens with one attached hydrogen (secondary N) is 1. The fraction of sp³-hybridized carbons (Fsp3) is 0.435. The molecule has 1 aliphatic heterocycles. The second-order valence-corrected chi connectivity index (χ2v) is 9.66. The number of piperazine rings is 1. The average molecular weight is 462 g/mol. The molecule has 1 atom stereocenters. The highest BCUT2D eigenvalue weighted by atomic mass is 32.2. The van der Waals surface area contributed by atoms with Gasteiger partial charge in [-0.1, -0.05) is 37.3 Å². The van der Waals surface area contributed by atoms with Crippen LogP contribution in [0, 0.1) is 0 Å². The summed E-state index contributed by atoms with van der Waals surface area (Å²) in [5.41, 5.74) is 1.000. The first kappa shape index (κ1) is 24.0. The standard InChI is InChI=1S/C23H31N3O5S/c1-18(19-7-5-4-6-8-19)16-26(17-23(27)25-13-11-24-12-14-25)32(28,29)22-15-20(30-2)9-10-21(22)31-3/h4-10,15,18,24H,11-14,16-17H2,1-3H3/t18-/m1/s1. The quantitative estimate of drug-likeness (QED) is 0.614. The van der Waals surface area contributed by atoms with Crippen molar-refractivity contribution in [1.29, 1.82) is 0 Å². The van der Waals surface area contributed by atoms with Crippen molar-refractivity contribution < 1.29 is 22.7 Å². The molecule has 8 nitrogen and oxygen atoms in total. The molecule has 0 bridgehead atoms. The van der Waals surface area contributed by atoms with Crippen LogP contribution in [0.15, 0.2) is 53.4 Å². The van der Waals surface area contributed by atoms with Crippen LogP contribution in [-0.4, -0.2) is 77.0 Å². The number of nitrogens with zero attached hydrogens (tertiary/aromatic N) is 2. The lowest BCUT2D eigenvalue weighted by Gasteiger charge is -2.31. The minimum atomic E-state index is -4.05. The molecule has 0 aliphatic carbocycles. The van der Waals surface area contributed by atoms with Crippen molar-refractivity contribution in [2.75, 3.05) is 53.5 Å². The molecule has 1 saturated heterocycles. The summed E-state index contributed by atoms with van der Waals surface area (Å²) in [6, 6.07) is 14.3. The van der Waals surface area contributed by atoms with Gasteiger partial charge in [-0.25, -0.2) is 8.42 Å². The van der Waals surface area contributed by atoms with Crippen LogP contribution < -0.4 is 14.8 Å². The summed E-state index contributed by atoms with van der Waals surface area (Å²) >= 11 is 0. The molecule has 0 saturated carbocycles. The molecule has 1 amide bonds. The van der Waals surface area contributed by atoms with Gasteiger partial charge in [0.25, 0.3) is 0 Å². The fourth-order valence-electron chi connectivity index (χ4n) is 3.73. The second kappa shape index (κ2) is 10.8. The van der Waals surface area contributed by atoms with Crippen LogP contribution in [0.4, 0.5) is 0 Å². The number of amides is 1. The molecule has 9 heteroatoms. The molecule has 0 aromatic heterocycles. The van der Waals surface area contributed by atoms with Crippen LogP contribution in [0.25, 0.3) is 0 Å². The van der Waals surface area contributed by atoms with Gasteiger partial charge < -0.3 is 19.7 Å². The Bertz CT molecular complexity index is 1010. The monoisotopic (exact) mass is 461 g/mol. The number of hydrogen-bond acceptors (Lipinski definition) is 6. The van der Waals surface area contributed by atoms with Crippen molar-refractivity contribution in [2.45, 2.75) is 17.7 Å². The molecule has 1 aliphatic rings. The first-order valence-corrected chi connectivity index (χ1v) is 12.1. The number of carbonyl (C=O) groups excluding carboxylic acids is 1. The number of rotatable bonds is 9. The Kier molecular flexibility index (Phi) is 8.11. The van der Waals surface area contributed by atoms with Crippen LogP contribution in [-0.2, 0) is 14.8 Å². The molecule has 3 rings (SSSR count). The Morgan fingerprint density at radius 2 is 1.78 bits per heavy atom. The Morgan fingerprint density at radius 3 is 2.41 bits per heavy atom. The van der Waals surface area contributed by atoms with E-state index >= 15 is 0 Å². The predicted molar refractivity (Wildman–Crippen MR) is 123 cm³/mol. The molecule has 2 aromatic rings. The summed E-state index contributed by atoms with van der Waals surface area (Å²) in [7, 11) is -1.15. The smallest absolute Gasteiger partial charge is 0.247 e. The fourth-order valence-corrected chi connectivity index (χ4v) is 5.38. The van der Waals surface area contributed by atoms with Crippen molar-refractivity contribution >= 4 is 15.9 Å². The van der Waals surface area contributed by atoms with Crippen molar-refractivity contribution in [3.63, 3.8) is 0 Å². The van der Waals surface area contributed by atoms with Gasteiger partial charge in [0, 0.05) is 38.8 Å².